The van der Waals surface area contributed by atoms with E-state index in [0.717, 1.165) is 4.91 Å². The Kier molecular flexibility index (Phi) is 23.4. The Balaban J connectivity index is 0. The van der Waals surface area contributed by atoms with Crippen LogP contribution in [0.5, 0.6) is 0 Å². The van der Waals surface area contributed by atoms with Gasteiger partial charge in [0.05, 0.1) is 0 Å². The van der Waals surface area contributed by atoms with E-state index in [1.54, 1.807) is 0 Å². The number of halogens is 1. The van der Waals surface area contributed by atoms with E-state index in [1.807, 2.05) is 0 Å². The third-order valence-corrected chi connectivity index (χ3v) is 0. The Bertz CT molecular complexity index is 8.00. The molecule has 0 aromatic heterocycles. The molecule has 0 amide bonds. The zero-order valence-corrected chi connectivity index (χ0v) is 5.49. The Hall–Kier alpha value is 2.94. The van der Waals surface area contributed by atoms with Gasteiger partial charge in [-0.05, 0) is 0 Å². The summed E-state index contributed by atoms with van der Waals surface area (Å²) >= 11 is 5.71. The standard InChI is InChI=1S/Ca.Fe.HIP.2H/c;;1-2;;/h;;2H;;/q;+1;-1;;. The molecule has 25 valence electrons. The minimum absolute atomic E-state index is 0. The van der Waals surface area contributed by atoms with Crippen molar-refractivity contribution in [3.8, 4) is 0 Å². The summed E-state index contributed by atoms with van der Waals surface area (Å²) in [7, 11) is 0. The van der Waals surface area contributed by atoms with Gasteiger partial charge in [0, 0.05) is 0 Å². The molecule has 4 heteroatoms. The zero-order chi connectivity index (χ0) is 2.71. The third kappa shape index (κ3) is 8.87. The van der Waals surface area contributed by atoms with Gasteiger partial charge < -0.3 is 0 Å². The molecule has 0 heterocycles. The molecular weight excluding hydrogens is 254 g/mol. The quantitative estimate of drug-likeness (QED) is 0.338. The van der Waals surface area contributed by atoms with Crippen molar-refractivity contribution >= 4 is 64.7 Å². The molecule has 1 unspecified atom stereocenters. The maximum atomic E-state index is 3.50. The second kappa shape index (κ2) is 9.34. The van der Waals surface area contributed by atoms with Gasteiger partial charge in [0.25, 0.3) is 0 Å². The van der Waals surface area contributed by atoms with Crippen LogP contribution in [-0.4, -0.2) is 37.7 Å². The van der Waals surface area contributed by atoms with Crippen molar-refractivity contribution in [2.75, 3.05) is 0 Å². The molecule has 0 aliphatic carbocycles. The van der Waals surface area contributed by atoms with Crippen LogP contribution >= 0.6 is 27.0 Å². The van der Waals surface area contributed by atoms with Gasteiger partial charge in [0.1, 0.15) is 0 Å². The zero-order valence-electron chi connectivity index (χ0n) is 1.23. The number of rotatable bonds is 0. The van der Waals surface area contributed by atoms with Crippen molar-refractivity contribution in [1.29, 1.82) is 0 Å². The molecule has 0 fully saturated rings. The molecule has 0 bridgehead atoms. The van der Waals surface area contributed by atoms with Crippen LogP contribution < -0.4 is 0 Å². The molecule has 0 rings (SSSR count). The maximum absolute atomic E-state index is 3.50. The van der Waals surface area contributed by atoms with E-state index in [2.05, 4.69) is 37.6 Å². The first-order valence-electron chi connectivity index (χ1n) is 0.366. The molecular formula is H3CaFeIP. The first-order chi connectivity index (χ1) is 1.41. The van der Waals surface area contributed by atoms with E-state index in [0.29, 0.717) is 0 Å². The Morgan fingerprint density at radius 1 is 1.75 bits per heavy atom. The van der Waals surface area contributed by atoms with Crippen LogP contribution in [0.1, 0.15) is 0 Å². The molecule has 0 saturated heterocycles. The molecule has 0 nitrogen and oxygen atoms in total. The van der Waals surface area contributed by atoms with E-state index >= 15 is 0 Å². The second-order valence-electron chi connectivity index (χ2n) is 0.0668. The molecule has 0 radical (unpaired) electrons. The van der Waals surface area contributed by atoms with Crippen molar-refractivity contribution < 1.29 is 15.6 Å². The van der Waals surface area contributed by atoms with E-state index in [4.69, 9.17) is 0 Å². The van der Waals surface area contributed by atoms with Gasteiger partial charge in [-0.15, -0.1) is 0 Å². The van der Waals surface area contributed by atoms with Gasteiger partial charge >= 0.3 is 80.3 Å². The summed E-state index contributed by atoms with van der Waals surface area (Å²) in [4.78, 5) is 0.803. The van der Waals surface area contributed by atoms with Gasteiger partial charge in [-0.3, -0.25) is 0 Å². The molecule has 0 N–H and O–H groups in total. The number of hydrogen-bond donors (Lipinski definition) is 0. The SMILES string of the molecule is [CaH2].[Fe][PH]I. The first kappa shape index (κ1) is 10.0. The molecule has 0 aliphatic rings. The first-order valence-corrected chi connectivity index (χ1v) is 5.99. The van der Waals surface area contributed by atoms with Crippen LogP contribution in [0, 0.1) is 0 Å². The molecule has 0 saturated carbocycles. The molecule has 0 aromatic carbocycles. The van der Waals surface area contributed by atoms with Gasteiger partial charge in [0.15, 0.2) is 0 Å². The summed E-state index contributed by atoms with van der Waals surface area (Å²) in [6.45, 7) is 0. The van der Waals surface area contributed by atoms with E-state index in [1.165, 1.54) is 0 Å². The summed E-state index contributed by atoms with van der Waals surface area (Å²) in [6.07, 6.45) is 0. The molecule has 0 spiro atoms. The van der Waals surface area contributed by atoms with Crippen molar-refractivity contribution in [2.24, 2.45) is 0 Å². The van der Waals surface area contributed by atoms with Gasteiger partial charge in [0.2, 0.25) is 0 Å². The van der Waals surface area contributed by atoms with Gasteiger partial charge in [-0.2, -0.15) is 0 Å². The Labute approximate surface area is 78.6 Å². The summed E-state index contributed by atoms with van der Waals surface area (Å²) in [6, 6.07) is 0. The Morgan fingerprint density at radius 3 is 1.75 bits per heavy atom. The van der Waals surface area contributed by atoms with Crippen molar-refractivity contribution in [1.82, 2.24) is 0 Å². The predicted molar refractivity (Wildman–Crippen MR) is 30.9 cm³/mol. The molecule has 0 aliphatic heterocycles. The van der Waals surface area contributed by atoms with E-state index in [-0.39, 0.29) is 37.7 Å². The van der Waals surface area contributed by atoms with Crippen molar-refractivity contribution in [3.05, 3.63) is 0 Å². The second-order valence-corrected chi connectivity index (χ2v) is 5.54. The summed E-state index contributed by atoms with van der Waals surface area (Å²) in [5.41, 5.74) is 0. The topological polar surface area (TPSA) is 0 Å². The van der Waals surface area contributed by atoms with Crippen LogP contribution in [-0.2, 0) is 15.6 Å². The normalized spacial score (nSPS) is 7.50. The monoisotopic (exact) mass is 257 g/mol. The summed E-state index contributed by atoms with van der Waals surface area (Å²) < 4.78 is 0. The molecule has 0 aromatic rings. The minimum atomic E-state index is 0. The molecule has 4 heavy (non-hydrogen) atoms. The fourth-order valence-corrected chi connectivity index (χ4v) is 0. The van der Waals surface area contributed by atoms with Crippen molar-refractivity contribution in [2.45, 2.75) is 0 Å². The average molecular weight is 257 g/mol. The van der Waals surface area contributed by atoms with Crippen LogP contribution in [0.25, 0.3) is 0 Å². The predicted octanol–water partition coefficient (Wildman–Crippen LogP) is 0.560. The summed E-state index contributed by atoms with van der Waals surface area (Å²) in [5.74, 6) is 0. The fourth-order valence-electron chi connectivity index (χ4n) is 0. The third-order valence-electron chi connectivity index (χ3n) is 0. The van der Waals surface area contributed by atoms with Crippen LogP contribution in [0.2, 0.25) is 0 Å². The van der Waals surface area contributed by atoms with E-state index in [9.17, 15) is 0 Å². The fraction of sp³-hybridized carbons (Fsp3) is 0. The van der Waals surface area contributed by atoms with E-state index < -0.39 is 0 Å². The van der Waals surface area contributed by atoms with Crippen molar-refractivity contribution in [3.63, 3.8) is 0 Å². The number of hydrogen-bond acceptors (Lipinski definition) is 0. The van der Waals surface area contributed by atoms with Gasteiger partial charge in [-0.25, -0.2) is 0 Å². The average Bonchev–Trinajstić information content (AvgIpc) is 0.918. The van der Waals surface area contributed by atoms with Crippen LogP contribution in [0.15, 0.2) is 0 Å². The Morgan fingerprint density at radius 2 is 1.75 bits per heavy atom. The van der Waals surface area contributed by atoms with Gasteiger partial charge in [-0.1, -0.05) is 0 Å². The van der Waals surface area contributed by atoms with Crippen LogP contribution in [0.3, 0.4) is 0 Å². The molecule has 1 atom stereocenters. The summed E-state index contributed by atoms with van der Waals surface area (Å²) in [5, 5.41) is 0. The van der Waals surface area contributed by atoms with Crippen LogP contribution in [0.4, 0.5) is 0 Å².